The average Bonchev–Trinajstić information content (AvgIpc) is 2.70. The Labute approximate surface area is 112 Å². The molecule has 0 aliphatic heterocycles. The molecule has 5 nitrogen and oxygen atoms in total. The number of rotatable bonds is 4. The highest BCUT2D eigenvalue weighted by Crippen LogP contribution is 2.10. The zero-order valence-corrected chi connectivity index (χ0v) is 11.4. The van der Waals surface area contributed by atoms with Crippen LogP contribution in [0.1, 0.15) is 32.9 Å². The number of H-pyrrole nitrogens is 1. The van der Waals surface area contributed by atoms with Crippen LogP contribution in [0.5, 0.6) is 0 Å². The second-order valence-electron chi connectivity index (χ2n) is 4.55. The topological polar surface area (TPSA) is 67.9 Å². The van der Waals surface area contributed by atoms with E-state index in [1.165, 1.54) is 6.20 Å². The predicted molar refractivity (Wildman–Crippen MR) is 71.0 cm³/mol. The quantitative estimate of drug-likeness (QED) is 0.854. The van der Waals surface area contributed by atoms with E-state index < -0.39 is 0 Å². The third-order valence-electron chi connectivity index (χ3n) is 2.98. The number of hydrogen-bond donors (Lipinski definition) is 1. The van der Waals surface area contributed by atoms with Crippen LogP contribution >= 0.6 is 0 Å². The van der Waals surface area contributed by atoms with Gasteiger partial charge in [0.2, 0.25) is 0 Å². The van der Waals surface area contributed by atoms with Gasteiger partial charge in [0.05, 0.1) is 17.9 Å². The molecule has 5 heteroatoms. The smallest absolute Gasteiger partial charge is 0.339 e. The van der Waals surface area contributed by atoms with E-state index in [1.54, 1.807) is 12.3 Å². The van der Waals surface area contributed by atoms with Crippen molar-refractivity contribution in [3.63, 3.8) is 0 Å². The zero-order chi connectivity index (χ0) is 13.8. The molecule has 0 saturated carbocycles. The Hall–Kier alpha value is -2.17. The minimum absolute atomic E-state index is 0.338. The van der Waals surface area contributed by atoms with E-state index in [0.29, 0.717) is 18.6 Å². The molecule has 2 aromatic heterocycles. The Morgan fingerprint density at radius 3 is 2.74 bits per heavy atom. The Bertz CT molecular complexity index is 571. The van der Waals surface area contributed by atoms with Gasteiger partial charge in [0.25, 0.3) is 0 Å². The van der Waals surface area contributed by atoms with Crippen molar-refractivity contribution >= 4 is 5.97 Å². The second-order valence-corrected chi connectivity index (χ2v) is 4.55. The van der Waals surface area contributed by atoms with Crippen molar-refractivity contribution in [2.75, 3.05) is 6.61 Å². The van der Waals surface area contributed by atoms with Crippen molar-refractivity contribution in [2.45, 2.75) is 27.2 Å². The van der Waals surface area contributed by atoms with Crippen molar-refractivity contribution in [3.8, 4) is 0 Å². The van der Waals surface area contributed by atoms with E-state index in [0.717, 1.165) is 22.5 Å². The van der Waals surface area contributed by atoms with Crippen LogP contribution in [-0.2, 0) is 11.2 Å². The molecule has 0 aromatic carbocycles. The lowest BCUT2D eigenvalue weighted by Crippen LogP contribution is -2.09. The number of hydrogen-bond acceptors (Lipinski definition) is 4. The number of ether oxygens (including phenoxy) is 1. The van der Waals surface area contributed by atoms with Crippen LogP contribution < -0.4 is 0 Å². The lowest BCUT2D eigenvalue weighted by Gasteiger charge is -2.05. The normalized spacial score (nSPS) is 10.5. The fourth-order valence-electron chi connectivity index (χ4n) is 1.94. The zero-order valence-electron chi connectivity index (χ0n) is 11.4. The molecule has 19 heavy (non-hydrogen) atoms. The summed E-state index contributed by atoms with van der Waals surface area (Å²) in [6, 6.07) is 1.77. The first kappa shape index (κ1) is 13.3. The maximum absolute atomic E-state index is 11.8. The largest absolute Gasteiger partial charge is 0.462 e. The summed E-state index contributed by atoms with van der Waals surface area (Å²) in [5, 5.41) is 7.02. The van der Waals surface area contributed by atoms with Gasteiger partial charge in [-0.05, 0) is 38.0 Å². The van der Waals surface area contributed by atoms with Gasteiger partial charge >= 0.3 is 5.97 Å². The fourth-order valence-corrected chi connectivity index (χ4v) is 1.94. The first-order valence-corrected chi connectivity index (χ1v) is 6.17. The van der Waals surface area contributed by atoms with Crippen LogP contribution in [0.4, 0.5) is 0 Å². The molecule has 0 saturated heterocycles. The minimum atomic E-state index is -0.338. The number of nitrogens with zero attached hydrogens (tertiary/aromatic N) is 2. The minimum Gasteiger partial charge on any atom is -0.462 e. The molecule has 0 spiro atoms. The predicted octanol–water partition coefficient (Wildman–Crippen LogP) is 2.13. The maximum Gasteiger partial charge on any atom is 0.339 e. The van der Waals surface area contributed by atoms with Gasteiger partial charge in [-0.2, -0.15) is 5.10 Å². The van der Waals surface area contributed by atoms with Crippen LogP contribution in [0.25, 0.3) is 0 Å². The van der Waals surface area contributed by atoms with Crippen molar-refractivity contribution in [2.24, 2.45) is 0 Å². The highest BCUT2D eigenvalue weighted by molar-refractivity contribution is 5.89. The second kappa shape index (κ2) is 5.65. The van der Waals surface area contributed by atoms with E-state index in [-0.39, 0.29) is 5.97 Å². The molecular weight excluding hydrogens is 242 g/mol. The third kappa shape index (κ3) is 3.19. The average molecular weight is 259 g/mol. The highest BCUT2D eigenvalue weighted by atomic mass is 16.5. The van der Waals surface area contributed by atoms with Crippen LogP contribution in [0.15, 0.2) is 18.5 Å². The number of aromatic nitrogens is 3. The van der Waals surface area contributed by atoms with Crippen LogP contribution in [0, 0.1) is 20.8 Å². The van der Waals surface area contributed by atoms with Crippen molar-refractivity contribution in [1.82, 2.24) is 15.2 Å². The molecule has 1 N–H and O–H groups in total. The monoisotopic (exact) mass is 259 g/mol. The molecule has 0 aliphatic carbocycles. The van der Waals surface area contributed by atoms with E-state index in [9.17, 15) is 4.79 Å². The summed E-state index contributed by atoms with van der Waals surface area (Å²) in [6.07, 6.45) is 3.89. The van der Waals surface area contributed by atoms with Crippen LogP contribution in [-0.4, -0.2) is 27.8 Å². The van der Waals surface area contributed by atoms with Gasteiger partial charge in [-0.3, -0.25) is 10.1 Å². The fraction of sp³-hybridized carbons (Fsp3) is 0.357. The number of pyridine rings is 1. The van der Waals surface area contributed by atoms with Gasteiger partial charge in [0.15, 0.2) is 0 Å². The molecular formula is C14H17N3O2. The van der Waals surface area contributed by atoms with Crippen molar-refractivity contribution < 1.29 is 9.53 Å². The lowest BCUT2D eigenvalue weighted by molar-refractivity contribution is 0.0508. The lowest BCUT2D eigenvalue weighted by atomic mass is 10.1. The SMILES string of the molecule is Cc1cncc(C(=O)OCCc2c(C)n[nH]c2C)c1. The molecule has 0 bridgehead atoms. The maximum atomic E-state index is 11.8. The van der Waals surface area contributed by atoms with Crippen LogP contribution in [0.3, 0.4) is 0 Å². The number of aromatic amines is 1. The van der Waals surface area contributed by atoms with E-state index in [2.05, 4.69) is 15.2 Å². The number of aryl methyl sites for hydroxylation is 3. The first-order chi connectivity index (χ1) is 9.08. The standard InChI is InChI=1S/C14H17N3O2/c1-9-6-12(8-15-7-9)14(18)19-5-4-13-10(2)16-17-11(13)3/h6-8H,4-5H2,1-3H3,(H,16,17). The molecule has 100 valence electrons. The number of nitrogens with one attached hydrogen (secondary N) is 1. The summed E-state index contributed by atoms with van der Waals surface area (Å²) in [7, 11) is 0. The molecule has 0 fully saturated rings. The number of carbonyl (C=O) groups excluding carboxylic acids is 1. The Kier molecular flexibility index (Phi) is 3.94. The van der Waals surface area contributed by atoms with Gasteiger partial charge in [-0.25, -0.2) is 4.79 Å². The van der Waals surface area contributed by atoms with Gasteiger partial charge < -0.3 is 4.74 Å². The van der Waals surface area contributed by atoms with Crippen LogP contribution in [0.2, 0.25) is 0 Å². The molecule has 0 amide bonds. The highest BCUT2D eigenvalue weighted by Gasteiger charge is 2.10. The summed E-state index contributed by atoms with van der Waals surface area (Å²) >= 11 is 0. The molecule has 0 aliphatic rings. The summed E-state index contributed by atoms with van der Waals surface area (Å²) in [4.78, 5) is 15.8. The molecule has 0 atom stereocenters. The van der Waals surface area contributed by atoms with Crippen molar-refractivity contribution in [3.05, 3.63) is 46.5 Å². The summed E-state index contributed by atoms with van der Waals surface area (Å²) in [5.41, 5.74) is 4.50. The van der Waals surface area contributed by atoms with Crippen molar-refractivity contribution in [1.29, 1.82) is 0 Å². The molecule has 0 unspecified atom stereocenters. The molecule has 2 heterocycles. The third-order valence-corrected chi connectivity index (χ3v) is 2.98. The summed E-state index contributed by atoms with van der Waals surface area (Å²) in [6.45, 7) is 6.13. The Morgan fingerprint density at radius 2 is 2.11 bits per heavy atom. The van der Waals surface area contributed by atoms with Gasteiger partial charge in [0, 0.05) is 24.5 Å². The van der Waals surface area contributed by atoms with E-state index in [4.69, 9.17) is 4.74 Å². The van der Waals surface area contributed by atoms with Gasteiger partial charge in [-0.1, -0.05) is 0 Å². The number of esters is 1. The molecule has 0 radical (unpaired) electrons. The molecule has 2 aromatic rings. The van der Waals surface area contributed by atoms with Gasteiger partial charge in [-0.15, -0.1) is 0 Å². The first-order valence-electron chi connectivity index (χ1n) is 6.17. The van der Waals surface area contributed by atoms with Gasteiger partial charge in [0.1, 0.15) is 0 Å². The Balaban J connectivity index is 1.91. The molecule has 2 rings (SSSR count). The number of carbonyl (C=O) groups is 1. The van der Waals surface area contributed by atoms with E-state index >= 15 is 0 Å². The summed E-state index contributed by atoms with van der Waals surface area (Å²) in [5.74, 6) is -0.338. The summed E-state index contributed by atoms with van der Waals surface area (Å²) < 4.78 is 5.25. The van der Waals surface area contributed by atoms with E-state index in [1.807, 2.05) is 20.8 Å². The Morgan fingerprint density at radius 1 is 1.32 bits per heavy atom.